The van der Waals surface area contributed by atoms with E-state index in [0.29, 0.717) is 19.4 Å². The van der Waals surface area contributed by atoms with Gasteiger partial charge in [-0.15, -0.1) is 0 Å². The zero-order chi connectivity index (χ0) is 15.9. The van der Waals surface area contributed by atoms with E-state index in [-0.39, 0.29) is 18.1 Å². The number of amides is 1. The molecule has 5 nitrogen and oxygen atoms in total. The number of ether oxygens (including phenoxy) is 2. The Morgan fingerprint density at radius 2 is 1.95 bits per heavy atom. The summed E-state index contributed by atoms with van der Waals surface area (Å²) in [5.41, 5.74) is -0.479. The van der Waals surface area contributed by atoms with Crippen LogP contribution in [-0.2, 0) is 14.3 Å². The molecule has 1 aliphatic rings. The molecule has 0 aromatic heterocycles. The topological polar surface area (TPSA) is 55.8 Å². The van der Waals surface area contributed by atoms with Crippen molar-refractivity contribution >= 4 is 12.1 Å². The van der Waals surface area contributed by atoms with Gasteiger partial charge in [-0.05, 0) is 46.5 Å². The van der Waals surface area contributed by atoms with Crippen molar-refractivity contribution in [3.8, 4) is 0 Å². The number of carbonyl (C=O) groups excluding carboxylic acids is 2. The first-order chi connectivity index (χ1) is 9.83. The Labute approximate surface area is 128 Å². The van der Waals surface area contributed by atoms with E-state index in [4.69, 9.17) is 9.47 Å². The lowest BCUT2D eigenvalue weighted by Crippen LogP contribution is -2.46. The number of nitrogens with zero attached hydrogens (tertiary/aromatic N) is 1. The van der Waals surface area contributed by atoms with Crippen LogP contribution in [-0.4, -0.2) is 41.8 Å². The van der Waals surface area contributed by atoms with Crippen LogP contribution in [0.5, 0.6) is 0 Å². The highest BCUT2D eigenvalue weighted by molar-refractivity contribution is 5.69. The molecule has 5 heteroatoms. The number of piperidine rings is 1. The highest BCUT2D eigenvalue weighted by atomic mass is 16.6. The first-order valence-electron chi connectivity index (χ1n) is 7.98. The van der Waals surface area contributed by atoms with E-state index in [1.54, 1.807) is 4.90 Å². The van der Waals surface area contributed by atoms with E-state index in [1.807, 2.05) is 27.7 Å². The zero-order valence-electron chi connectivity index (χ0n) is 13.8. The van der Waals surface area contributed by atoms with E-state index in [0.717, 1.165) is 32.2 Å². The molecule has 1 rings (SSSR count). The maximum absolute atomic E-state index is 12.2. The quantitative estimate of drug-likeness (QED) is 0.729. The van der Waals surface area contributed by atoms with Gasteiger partial charge in [0.05, 0.1) is 6.61 Å². The van der Waals surface area contributed by atoms with Crippen molar-refractivity contribution in [3.05, 3.63) is 0 Å². The zero-order valence-corrected chi connectivity index (χ0v) is 13.8. The number of likely N-dealkylation sites (tertiary alicyclic amines) is 1. The molecule has 0 saturated carbocycles. The molecule has 1 heterocycles. The van der Waals surface area contributed by atoms with Crippen LogP contribution in [0.25, 0.3) is 0 Å². The van der Waals surface area contributed by atoms with E-state index in [1.165, 1.54) is 0 Å². The summed E-state index contributed by atoms with van der Waals surface area (Å²) in [6.45, 7) is 8.67. The molecule has 1 fully saturated rings. The van der Waals surface area contributed by atoms with Crippen molar-refractivity contribution in [3.63, 3.8) is 0 Å². The molecular formula is C16H29NO4. The number of carbonyl (C=O) groups is 2. The van der Waals surface area contributed by atoms with Crippen LogP contribution in [0, 0.1) is 0 Å². The second kappa shape index (κ2) is 8.25. The standard InChI is InChI=1S/C16H29NO4/c1-5-8-14(18)20-12-10-13-9-6-7-11-17(13)15(19)21-16(2,3)4/h13H,5-12H2,1-4H3/t13-/m0/s1. The average molecular weight is 299 g/mol. The van der Waals surface area contributed by atoms with Crippen molar-refractivity contribution in [1.82, 2.24) is 4.90 Å². The van der Waals surface area contributed by atoms with E-state index >= 15 is 0 Å². The Bertz CT molecular complexity index is 349. The molecule has 0 radical (unpaired) electrons. The lowest BCUT2D eigenvalue weighted by atomic mass is 10.0. The predicted molar refractivity (Wildman–Crippen MR) is 81.1 cm³/mol. The van der Waals surface area contributed by atoms with Crippen LogP contribution < -0.4 is 0 Å². The predicted octanol–water partition coefficient (Wildman–Crippen LogP) is 3.51. The van der Waals surface area contributed by atoms with Crippen LogP contribution in [0.1, 0.15) is 66.2 Å². The molecule has 0 aliphatic carbocycles. The largest absolute Gasteiger partial charge is 0.466 e. The summed E-state index contributed by atoms with van der Waals surface area (Å²) in [7, 11) is 0. The van der Waals surface area contributed by atoms with Crippen molar-refractivity contribution in [2.45, 2.75) is 77.9 Å². The Morgan fingerprint density at radius 3 is 2.57 bits per heavy atom. The smallest absolute Gasteiger partial charge is 0.410 e. The molecule has 1 saturated heterocycles. The van der Waals surface area contributed by atoms with Crippen LogP contribution in [0.2, 0.25) is 0 Å². The Kier molecular flexibility index (Phi) is 6.99. The highest BCUT2D eigenvalue weighted by Crippen LogP contribution is 2.22. The minimum atomic E-state index is -0.479. The van der Waals surface area contributed by atoms with Gasteiger partial charge in [-0.25, -0.2) is 4.79 Å². The fraction of sp³-hybridized carbons (Fsp3) is 0.875. The number of hydrogen-bond acceptors (Lipinski definition) is 4. The third-order valence-corrected chi connectivity index (χ3v) is 3.42. The lowest BCUT2D eigenvalue weighted by Gasteiger charge is -2.36. The molecule has 1 aliphatic heterocycles. The van der Waals surface area contributed by atoms with Crippen molar-refractivity contribution in [2.24, 2.45) is 0 Å². The highest BCUT2D eigenvalue weighted by Gasteiger charge is 2.30. The van der Waals surface area contributed by atoms with Gasteiger partial charge in [0, 0.05) is 25.4 Å². The van der Waals surface area contributed by atoms with Gasteiger partial charge in [-0.3, -0.25) is 4.79 Å². The summed E-state index contributed by atoms with van der Waals surface area (Å²) in [4.78, 5) is 25.4. The van der Waals surface area contributed by atoms with Crippen molar-refractivity contribution in [2.75, 3.05) is 13.2 Å². The minimum absolute atomic E-state index is 0.114. The van der Waals surface area contributed by atoms with Gasteiger partial charge >= 0.3 is 12.1 Å². The first-order valence-corrected chi connectivity index (χ1v) is 7.98. The molecule has 0 unspecified atom stereocenters. The van der Waals surface area contributed by atoms with Crippen LogP contribution in [0.3, 0.4) is 0 Å². The van der Waals surface area contributed by atoms with Gasteiger partial charge < -0.3 is 14.4 Å². The summed E-state index contributed by atoms with van der Waals surface area (Å²) >= 11 is 0. The number of hydrogen-bond donors (Lipinski definition) is 0. The van der Waals surface area contributed by atoms with E-state index in [2.05, 4.69) is 0 Å². The fourth-order valence-electron chi connectivity index (χ4n) is 2.45. The maximum atomic E-state index is 12.2. The third kappa shape index (κ3) is 6.82. The summed E-state index contributed by atoms with van der Waals surface area (Å²) in [5, 5.41) is 0. The lowest BCUT2D eigenvalue weighted by molar-refractivity contribution is -0.144. The van der Waals surface area contributed by atoms with E-state index < -0.39 is 5.60 Å². The second-order valence-electron chi connectivity index (χ2n) is 6.58. The molecule has 0 spiro atoms. The Morgan fingerprint density at radius 1 is 1.24 bits per heavy atom. The molecule has 0 aromatic rings. The molecule has 0 N–H and O–H groups in total. The second-order valence-corrected chi connectivity index (χ2v) is 6.58. The minimum Gasteiger partial charge on any atom is -0.466 e. The average Bonchev–Trinajstić information content (AvgIpc) is 2.37. The van der Waals surface area contributed by atoms with Crippen LogP contribution >= 0.6 is 0 Å². The monoisotopic (exact) mass is 299 g/mol. The van der Waals surface area contributed by atoms with Crippen LogP contribution in [0.4, 0.5) is 4.79 Å². The normalized spacial score (nSPS) is 19.2. The molecule has 1 amide bonds. The summed E-state index contributed by atoms with van der Waals surface area (Å²) in [6, 6.07) is 0.114. The number of rotatable bonds is 5. The summed E-state index contributed by atoms with van der Waals surface area (Å²) in [6.07, 6.45) is 4.75. The Balaban J connectivity index is 2.45. The molecule has 1 atom stereocenters. The van der Waals surface area contributed by atoms with Gasteiger partial charge in [0.25, 0.3) is 0 Å². The SMILES string of the molecule is CCCC(=O)OCC[C@@H]1CCCCN1C(=O)OC(C)(C)C. The van der Waals surface area contributed by atoms with Gasteiger partial charge in [-0.1, -0.05) is 6.92 Å². The van der Waals surface area contributed by atoms with Gasteiger partial charge in [-0.2, -0.15) is 0 Å². The third-order valence-electron chi connectivity index (χ3n) is 3.42. The summed E-state index contributed by atoms with van der Waals surface area (Å²) < 4.78 is 10.6. The van der Waals surface area contributed by atoms with Gasteiger partial charge in [0.2, 0.25) is 0 Å². The summed E-state index contributed by atoms with van der Waals surface area (Å²) in [5.74, 6) is -0.155. The molecule has 122 valence electrons. The molecule has 21 heavy (non-hydrogen) atoms. The molecular weight excluding hydrogens is 270 g/mol. The Hall–Kier alpha value is -1.26. The number of esters is 1. The van der Waals surface area contributed by atoms with Gasteiger partial charge in [0.1, 0.15) is 5.60 Å². The van der Waals surface area contributed by atoms with E-state index in [9.17, 15) is 9.59 Å². The first kappa shape index (κ1) is 17.8. The van der Waals surface area contributed by atoms with Crippen molar-refractivity contribution < 1.29 is 19.1 Å². The van der Waals surface area contributed by atoms with Crippen LogP contribution in [0.15, 0.2) is 0 Å². The fourth-order valence-corrected chi connectivity index (χ4v) is 2.45. The maximum Gasteiger partial charge on any atom is 0.410 e. The van der Waals surface area contributed by atoms with Crippen molar-refractivity contribution in [1.29, 1.82) is 0 Å². The molecule has 0 aromatic carbocycles. The molecule has 0 bridgehead atoms. The van der Waals surface area contributed by atoms with Gasteiger partial charge in [0.15, 0.2) is 0 Å².